The summed E-state index contributed by atoms with van der Waals surface area (Å²) in [5.41, 5.74) is 7.20. The fourth-order valence-electron chi connectivity index (χ4n) is 2.53. The number of amides is 1. The average Bonchev–Trinajstić information content (AvgIpc) is 2.84. The van der Waals surface area contributed by atoms with Gasteiger partial charge in [-0.3, -0.25) is 4.79 Å². The molecule has 1 fully saturated rings. The zero-order valence-corrected chi connectivity index (χ0v) is 14.7. The number of hydrogen-bond donors (Lipinski definition) is 1. The van der Waals surface area contributed by atoms with Crippen LogP contribution in [-0.2, 0) is 10.2 Å². The van der Waals surface area contributed by atoms with E-state index in [1.165, 1.54) is 5.56 Å². The Morgan fingerprint density at radius 1 is 1.32 bits per heavy atom. The van der Waals surface area contributed by atoms with Crippen LogP contribution < -0.4 is 10.5 Å². The van der Waals surface area contributed by atoms with Crippen LogP contribution in [0.1, 0.15) is 39.7 Å². The Morgan fingerprint density at radius 3 is 2.36 bits per heavy atom. The summed E-state index contributed by atoms with van der Waals surface area (Å²) in [6.07, 6.45) is 0.398. The number of likely N-dealkylation sites (tertiary alicyclic amines) is 1. The van der Waals surface area contributed by atoms with Gasteiger partial charge in [-0.2, -0.15) is 0 Å². The third kappa shape index (κ3) is 4.62. The highest BCUT2D eigenvalue weighted by atomic mass is 35.5. The minimum Gasteiger partial charge on any atom is -0.481 e. The highest BCUT2D eigenvalue weighted by Crippen LogP contribution is 2.25. The predicted molar refractivity (Wildman–Crippen MR) is 91.7 cm³/mol. The summed E-state index contributed by atoms with van der Waals surface area (Å²) in [5, 5.41) is 0. The molecule has 124 valence electrons. The lowest BCUT2D eigenvalue weighted by Crippen LogP contribution is -2.40. The lowest BCUT2D eigenvalue weighted by molar-refractivity contribution is -0.136. The summed E-state index contributed by atoms with van der Waals surface area (Å²) in [6, 6.07) is 8.07. The maximum atomic E-state index is 12.3. The Labute approximate surface area is 139 Å². The summed E-state index contributed by atoms with van der Waals surface area (Å²) in [7, 11) is 0. The van der Waals surface area contributed by atoms with Crippen molar-refractivity contribution in [3.8, 4) is 5.75 Å². The van der Waals surface area contributed by atoms with E-state index >= 15 is 0 Å². The molecule has 2 rings (SSSR count). The standard InChI is InChI=1S/C17H26N2O2.ClH/c1-12(16(20)19-10-9-14(18)11-19)21-15-7-5-13(6-8-15)17(2,3)4;/h5-8,12,14H,9-11,18H2,1-4H3;1H/t12?,14-;/m1./s1. The first-order valence-electron chi connectivity index (χ1n) is 7.59. The van der Waals surface area contributed by atoms with Crippen molar-refractivity contribution in [1.29, 1.82) is 0 Å². The number of nitrogens with two attached hydrogens (primary N) is 1. The molecule has 22 heavy (non-hydrogen) atoms. The van der Waals surface area contributed by atoms with Crippen LogP contribution in [-0.4, -0.2) is 36.0 Å². The van der Waals surface area contributed by atoms with Crippen molar-refractivity contribution in [1.82, 2.24) is 4.90 Å². The van der Waals surface area contributed by atoms with Gasteiger partial charge < -0.3 is 15.4 Å². The second kappa shape index (κ2) is 7.34. The van der Waals surface area contributed by atoms with E-state index in [1.807, 2.05) is 12.1 Å². The van der Waals surface area contributed by atoms with Gasteiger partial charge in [0.25, 0.3) is 5.91 Å². The number of hydrogen-bond acceptors (Lipinski definition) is 3. The van der Waals surface area contributed by atoms with Crippen LogP contribution in [0.3, 0.4) is 0 Å². The van der Waals surface area contributed by atoms with Crippen LogP contribution in [0.4, 0.5) is 0 Å². The first kappa shape index (κ1) is 18.8. The molecule has 5 heteroatoms. The van der Waals surface area contributed by atoms with Gasteiger partial charge in [-0.25, -0.2) is 0 Å². The Kier molecular flexibility index (Phi) is 6.27. The quantitative estimate of drug-likeness (QED) is 0.929. The molecule has 0 aliphatic carbocycles. The molecule has 0 spiro atoms. The van der Waals surface area contributed by atoms with Crippen LogP contribution in [0, 0.1) is 0 Å². The smallest absolute Gasteiger partial charge is 0.263 e. The zero-order chi connectivity index (χ0) is 15.6. The summed E-state index contributed by atoms with van der Waals surface area (Å²) in [6.45, 7) is 9.68. The first-order chi connectivity index (χ1) is 9.77. The monoisotopic (exact) mass is 326 g/mol. The normalized spacial score (nSPS) is 19.5. The van der Waals surface area contributed by atoms with Gasteiger partial charge in [0.1, 0.15) is 5.75 Å². The zero-order valence-electron chi connectivity index (χ0n) is 13.8. The Balaban J connectivity index is 0.00000242. The van der Waals surface area contributed by atoms with E-state index in [1.54, 1.807) is 11.8 Å². The first-order valence-corrected chi connectivity index (χ1v) is 7.59. The van der Waals surface area contributed by atoms with Gasteiger partial charge in [0.15, 0.2) is 6.10 Å². The minimum absolute atomic E-state index is 0. The van der Waals surface area contributed by atoms with E-state index in [-0.39, 0.29) is 29.8 Å². The average molecular weight is 327 g/mol. The Morgan fingerprint density at radius 2 is 1.91 bits per heavy atom. The molecule has 1 aliphatic rings. The van der Waals surface area contributed by atoms with Crippen LogP contribution in [0.5, 0.6) is 5.75 Å². The van der Waals surface area contributed by atoms with Crippen LogP contribution >= 0.6 is 12.4 Å². The number of ether oxygens (including phenoxy) is 1. The maximum Gasteiger partial charge on any atom is 0.263 e. The molecule has 1 heterocycles. The largest absolute Gasteiger partial charge is 0.481 e. The second-order valence-corrected chi connectivity index (χ2v) is 6.87. The van der Waals surface area contributed by atoms with Gasteiger partial charge in [0, 0.05) is 19.1 Å². The molecular formula is C17H27ClN2O2. The van der Waals surface area contributed by atoms with Crippen molar-refractivity contribution in [2.75, 3.05) is 13.1 Å². The summed E-state index contributed by atoms with van der Waals surface area (Å²) in [5.74, 6) is 0.746. The fourth-order valence-corrected chi connectivity index (χ4v) is 2.53. The van der Waals surface area contributed by atoms with Gasteiger partial charge in [-0.05, 0) is 36.5 Å². The fraction of sp³-hybridized carbons (Fsp3) is 0.588. The molecule has 4 nitrogen and oxygen atoms in total. The number of carbonyl (C=O) groups is 1. The van der Waals surface area contributed by atoms with E-state index in [0.29, 0.717) is 6.54 Å². The van der Waals surface area contributed by atoms with Crippen molar-refractivity contribution in [3.63, 3.8) is 0 Å². The molecule has 1 aromatic carbocycles. The van der Waals surface area contributed by atoms with E-state index in [4.69, 9.17) is 10.5 Å². The Hall–Kier alpha value is -1.26. The molecule has 0 radical (unpaired) electrons. The molecule has 1 amide bonds. The lowest BCUT2D eigenvalue weighted by atomic mass is 9.87. The number of carbonyl (C=O) groups excluding carboxylic acids is 1. The minimum atomic E-state index is -0.476. The second-order valence-electron chi connectivity index (χ2n) is 6.87. The van der Waals surface area contributed by atoms with Crippen LogP contribution in [0.2, 0.25) is 0 Å². The number of rotatable bonds is 3. The van der Waals surface area contributed by atoms with E-state index in [0.717, 1.165) is 18.7 Å². The molecule has 0 bridgehead atoms. The molecule has 1 unspecified atom stereocenters. The molecular weight excluding hydrogens is 300 g/mol. The predicted octanol–water partition coefficient (Wildman–Crippen LogP) is 2.73. The molecule has 1 saturated heterocycles. The van der Waals surface area contributed by atoms with Crippen molar-refractivity contribution < 1.29 is 9.53 Å². The number of benzene rings is 1. The molecule has 0 aromatic heterocycles. The number of nitrogens with zero attached hydrogens (tertiary/aromatic N) is 1. The van der Waals surface area contributed by atoms with Crippen LogP contribution in [0.25, 0.3) is 0 Å². The highest BCUT2D eigenvalue weighted by molar-refractivity contribution is 5.85. The third-order valence-corrected chi connectivity index (χ3v) is 3.92. The van der Waals surface area contributed by atoms with E-state index in [9.17, 15) is 4.79 Å². The van der Waals surface area contributed by atoms with E-state index < -0.39 is 6.10 Å². The van der Waals surface area contributed by atoms with Gasteiger partial charge >= 0.3 is 0 Å². The van der Waals surface area contributed by atoms with E-state index in [2.05, 4.69) is 32.9 Å². The van der Waals surface area contributed by atoms with Crippen molar-refractivity contribution in [3.05, 3.63) is 29.8 Å². The summed E-state index contributed by atoms with van der Waals surface area (Å²) >= 11 is 0. The molecule has 0 saturated carbocycles. The van der Waals surface area contributed by atoms with Crippen molar-refractivity contribution in [2.24, 2.45) is 5.73 Å². The SMILES string of the molecule is CC(Oc1ccc(C(C)(C)C)cc1)C(=O)N1CC[C@@H](N)C1.Cl. The molecule has 2 N–H and O–H groups in total. The maximum absolute atomic E-state index is 12.3. The van der Waals surface area contributed by atoms with Gasteiger partial charge in [-0.1, -0.05) is 32.9 Å². The number of halogens is 1. The third-order valence-electron chi connectivity index (χ3n) is 3.92. The lowest BCUT2D eigenvalue weighted by Gasteiger charge is -2.22. The van der Waals surface area contributed by atoms with Crippen molar-refractivity contribution in [2.45, 2.75) is 51.7 Å². The van der Waals surface area contributed by atoms with Gasteiger partial charge in [-0.15, -0.1) is 12.4 Å². The van der Waals surface area contributed by atoms with Crippen LogP contribution in [0.15, 0.2) is 24.3 Å². The molecule has 2 atom stereocenters. The van der Waals surface area contributed by atoms with Gasteiger partial charge in [0.2, 0.25) is 0 Å². The van der Waals surface area contributed by atoms with Gasteiger partial charge in [0.05, 0.1) is 0 Å². The topological polar surface area (TPSA) is 55.6 Å². The molecule has 1 aliphatic heterocycles. The summed E-state index contributed by atoms with van der Waals surface area (Å²) < 4.78 is 5.76. The summed E-state index contributed by atoms with van der Waals surface area (Å²) in [4.78, 5) is 14.1. The Bertz CT molecular complexity index is 496. The molecule has 1 aromatic rings. The van der Waals surface area contributed by atoms with Crippen molar-refractivity contribution >= 4 is 18.3 Å². The highest BCUT2D eigenvalue weighted by Gasteiger charge is 2.28.